The molecule has 5 rings (SSSR count). The molecule has 1 aliphatic rings. The van der Waals surface area contributed by atoms with Gasteiger partial charge in [0.1, 0.15) is 15.7 Å². The SMILES string of the molecule is Cc1ncsc1C(=O)Nc1sc2c(c1-c1nc3ccccc3[nH]1)CCCC2. The molecule has 0 unspecified atom stereocenters. The van der Waals surface area contributed by atoms with E-state index in [0.717, 1.165) is 46.0 Å². The number of imidazole rings is 1. The third kappa shape index (κ3) is 2.87. The summed E-state index contributed by atoms with van der Waals surface area (Å²) in [7, 11) is 0. The molecule has 136 valence electrons. The Morgan fingerprint density at radius 1 is 1.22 bits per heavy atom. The molecule has 1 amide bonds. The molecule has 3 aromatic heterocycles. The summed E-state index contributed by atoms with van der Waals surface area (Å²) in [6, 6.07) is 8.03. The quantitative estimate of drug-likeness (QED) is 0.502. The van der Waals surface area contributed by atoms with E-state index >= 15 is 0 Å². The van der Waals surface area contributed by atoms with Crippen molar-refractivity contribution in [2.75, 3.05) is 5.32 Å². The first-order chi connectivity index (χ1) is 13.2. The van der Waals surface area contributed by atoms with Crippen molar-refractivity contribution in [2.45, 2.75) is 32.6 Å². The summed E-state index contributed by atoms with van der Waals surface area (Å²) < 4.78 is 0. The monoisotopic (exact) mass is 394 g/mol. The lowest BCUT2D eigenvalue weighted by Gasteiger charge is -2.11. The molecular weight excluding hydrogens is 376 g/mol. The lowest BCUT2D eigenvalue weighted by molar-refractivity contribution is 0.103. The summed E-state index contributed by atoms with van der Waals surface area (Å²) >= 11 is 3.07. The van der Waals surface area contributed by atoms with Gasteiger partial charge in [0, 0.05) is 4.88 Å². The van der Waals surface area contributed by atoms with Crippen molar-refractivity contribution in [1.82, 2.24) is 15.0 Å². The number of aryl methyl sites for hydroxylation is 2. The fraction of sp³-hybridized carbons (Fsp3) is 0.250. The molecule has 1 aliphatic carbocycles. The molecule has 27 heavy (non-hydrogen) atoms. The molecule has 0 saturated carbocycles. The second-order valence-electron chi connectivity index (χ2n) is 6.74. The van der Waals surface area contributed by atoms with Gasteiger partial charge in [-0.3, -0.25) is 4.79 Å². The van der Waals surface area contributed by atoms with Crippen LogP contribution in [-0.2, 0) is 12.8 Å². The number of thiazole rings is 1. The van der Waals surface area contributed by atoms with Crippen molar-refractivity contribution >= 4 is 44.6 Å². The van der Waals surface area contributed by atoms with Crippen molar-refractivity contribution in [3.8, 4) is 11.4 Å². The maximum atomic E-state index is 12.8. The van der Waals surface area contributed by atoms with E-state index in [2.05, 4.69) is 15.3 Å². The van der Waals surface area contributed by atoms with Crippen LogP contribution in [0.2, 0.25) is 0 Å². The number of nitrogens with zero attached hydrogens (tertiary/aromatic N) is 2. The number of rotatable bonds is 3. The van der Waals surface area contributed by atoms with Crippen LogP contribution in [0.3, 0.4) is 0 Å². The summed E-state index contributed by atoms with van der Waals surface area (Å²) in [4.78, 5) is 27.3. The zero-order chi connectivity index (χ0) is 18.4. The van der Waals surface area contributed by atoms with E-state index in [-0.39, 0.29) is 5.91 Å². The number of aromatic amines is 1. The topological polar surface area (TPSA) is 70.7 Å². The Balaban J connectivity index is 1.62. The van der Waals surface area contributed by atoms with Crippen LogP contribution in [0.15, 0.2) is 29.8 Å². The van der Waals surface area contributed by atoms with Gasteiger partial charge >= 0.3 is 0 Å². The third-order valence-electron chi connectivity index (χ3n) is 4.98. The first-order valence-corrected chi connectivity index (χ1v) is 10.7. The Kier molecular flexibility index (Phi) is 4.06. The number of amides is 1. The van der Waals surface area contributed by atoms with E-state index in [9.17, 15) is 4.79 Å². The minimum atomic E-state index is -0.0917. The lowest BCUT2D eigenvalue weighted by atomic mass is 9.95. The Hall–Kier alpha value is -2.51. The highest BCUT2D eigenvalue weighted by Gasteiger charge is 2.25. The molecule has 0 bridgehead atoms. The number of hydrogen-bond acceptors (Lipinski definition) is 5. The van der Waals surface area contributed by atoms with Crippen LogP contribution < -0.4 is 5.32 Å². The highest BCUT2D eigenvalue weighted by Crippen LogP contribution is 2.44. The smallest absolute Gasteiger partial charge is 0.268 e. The van der Waals surface area contributed by atoms with E-state index in [1.807, 2.05) is 31.2 Å². The van der Waals surface area contributed by atoms with Gasteiger partial charge in [0.2, 0.25) is 0 Å². The van der Waals surface area contributed by atoms with E-state index in [0.29, 0.717) is 4.88 Å². The number of benzene rings is 1. The van der Waals surface area contributed by atoms with Crippen molar-refractivity contribution in [3.63, 3.8) is 0 Å². The van der Waals surface area contributed by atoms with Gasteiger partial charge in [-0.1, -0.05) is 12.1 Å². The van der Waals surface area contributed by atoms with Gasteiger partial charge in [-0.15, -0.1) is 22.7 Å². The van der Waals surface area contributed by atoms with Crippen molar-refractivity contribution in [1.29, 1.82) is 0 Å². The fourth-order valence-corrected chi connectivity index (χ4v) is 5.64. The second kappa shape index (κ2) is 6.58. The fourth-order valence-electron chi connectivity index (χ4n) is 3.66. The number of anilines is 1. The summed E-state index contributed by atoms with van der Waals surface area (Å²) in [5.74, 6) is 0.748. The molecule has 3 heterocycles. The summed E-state index contributed by atoms with van der Waals surface area (Å²) in [6.07, 6.45) is 4.49. The minimum Gasteiger partial charge on any atom is -0.338 e. The number of carbonyl (C=O) groups is 1. The summed E-state index contributed by atoms with van der Waals surface area (Å²) in [5.41, 5.74) is 6.83. The van der Waals surface area contributed by atoms with Crippen LogP contribution in [0.1, 0.15) is 38.6 Å². The molecule has 5 nitrogen and oxygen atoms in total. The van der Waals surface area contributed by atoms with Gasteiger partial charge in [-0.25, -0.2) is 9.97 Å². The molecule has 4 aromatic rings. The zero-order valence-electron chi connectivity index (χ0n) is 14.8. The number of aromatic nitrogens is 3. The van der Waals surface area contributed by atoms with E-state index in [4.69, 9.17) is 4.98 Å². The third-order valence-corrected chi connectivity index (χ3v) is 7.11. The van der Waals surface area contributed by atoms with Gasteiger partial charge in [-0.05, 0) is 50.3 Å². The molecule has 7 heteroatoms. The van der Waals surface area contributed by atoms with Crippen LogP contribution in [0, 0.1) is 6.92 Å². The summed E-state index contributed by atoms with van der Waals surface area (Å²) in [5, 5.41) is 4.03. The van der Waals surface area contributed by atoms with Gasteiger partial charge in [0.25, 0.3) is 5.91 Å². The number of hydrogen-bond donors (Lipinski definition) is 2. The van der Waals surface area contributed by atoms with E-state index in [1.165, 1.54) is 34.6 Å². The first-order valence-electron chi connectivity index (χ1n) is 9.02. The van der Waals surface area contributed by atoms with Crippen molar-refractivity contribution < 1.29 is 4.79 Å². The van der Waals surface area contributed by atoms with E-state index < -0.39 is 0 Å². The lowest BCUT2D eigenvalue weighted by Crippen LogP contribution is -2.11. The average molecular weight is 395 g/mol. The largest absolute Gasteiger partial charge is 0.338 e. The van der Waals surface area contributed by atoms with Gasteiger partial charge in [0.15, 0.2) is 0 Å². The number of H-pyrrole nitrogens is 1. The van der Waals surface area contributed by atoms with Crippen LogP contribution in [0.4, 0.5) is 5.00 Å². The highest BCUT2D eigenvalue weighted by molar-refractivity contribution is 7.17. The van der Waals surface area contributed by atoms with Crippen LogP contribution in [0.25, 0.3) is 22.4 Å². The molecule has 0 aliphatic heterocycles. The average Bonchev–Trinajstić information content (AvgIpc) is 3.36. The molecule has 0 spiro atoms. The number of fused-ring (bicyclic) bond motifs is 2. The van der Waals surface area contributed by atoms with Crippen molar-refractivity contribution in [3.05, 3.63) is 50.8 Å². The number of nitrogens with one attached hydrogen (secondary N) is 2. The molecule has 0 atom stereocenters. The molecular formula is C20H18N4OS2. The molecule has 0 fully saturated rings. The number of carbonyl (C=O) groups excluding carboxylic acids is 1. The molecule has 0 saturated heterocycles. The Bertz CT molecular complexity index is 1120. The Labute approximate surface area is 164 Å². The number of thiophene rings is 1. The highest BCUT2D eigenvalue weighted by atomic mass is 32.1. The standard InChI is InChI=1S/C20H18N4OS2/c1-11-17(26-10-21-11)19(25)24-20-16(12-6-2-5-9-15(12)27-20)18-22-13-7-3-4-8-14(13)23-18/h3-4,7-8,10H,2,5-6,9H2,1H3,(H,22,23)(H,24,25). The molecule has 1 aromatic carbocycles. The van der Waals surface area contributed by atoms with Crippen molar-refractivity contribution in [2.24, 2.45) is 0 Å². The predicted octanol–water partition coefficient (Wildman–Crippen LogP) is 5.19. The first kappa shape index (κ1) is 16.6. The Morgan fingerprint density at radius 3 is 2.89 bits per heavy atom. The zero-order valence-corrected chi connectivity index (χ0v) is 16.5. The Morgan fingerprint density at radius 2 is 2.07 bits per heavy atom. The maximum Gasteiger partial charge on any atom is 0.268 e. The minimum absolute atomic E-state index is 0.0917. The second-order valence-corrected chi connectivity index (χ2v) is 8.70. The van der Waals surface area contributed by atoms with Gasteiger partial charge in [-0.2, -0.15) is 0 Å². The van der Waals surface area contributed by atoms with E-state index in [1.54, 1.807) is 16.8 Å². The number of para-hydroxylation sites is 2. The van der Waals surface area contributed by atoms with Gasteiger partial charge in [0.05, 0.1) is 27.8 Å². The van der Waals surface area contributed by atoms with Gasteiger partial charge < -0.3 is 10.3 Å². The normalized spacial score (nSPS) is 13.7. The van der Waals surface area contributed by atoms with Crippen LogP contribution in [0.5, 0.6) is 0 Å². The maximum absolute atomic E-state index is 12.8. The summed E-state index contributed by atoms with van der Waals surface area (Å²) in [6.45, 7) is 1.87. The molecule has 0 radical (unpaired) electrons. The molecule has 2 N–H and O–H groups in total. The predicted molar refractivity (Wildman–Crippen MR) is 111 cm³/mol. The van der Waals surface area contributed by atoms with Crippen LogP contribution >= 0.6 is 22.7 Å². The van der Waals surface area contributed by atoms with Crippen LogP contribution in [-0.4, -0.2) is 20.9 Å².